The van der Waals surface area contributed by atoms with Crippen molar-refractivity contribution in [1.29, 1.82) is 0 Å². The molecule has 8 nitrogen and oxygen atoms in total. The second-order valence-electron chi connectivity index (χ2n) is 12.6. The van der Waals surface area contributed by atoms with Gasteiger partial charge in [0, 0.05) is 46.6 Å². The lowest BCUT2D eigenvalue weighted by atomic mass is 9.35. The summed E-state index contributed by atoms with van der Waals surface area (Å²) in [5, 5.41) is 37.1. The van der Waals surface area contributed by atoms with Gasteiger partial charge in [-0.05, 0) is 37.0 Å². The van der Waals surface area contributed by atoms with Crippen molar-refractivity contribution in [3.8, 4) is 11.5 Å². The van der Waals surface area contributed by atoms with Crippen LogP contribution in [0.15, 0.2) is 11.6 Å². The van der Waals surface area contributed by atoms with Crippen LogP contribution in [0, 0.1) is 22.2 Å². The summed E-state index contributed by atoms with van der Waals surface area (Å²) in [5.74, 6) is -0.243. The van der Waals surface area contributed by atoms with Crippen molar-refractivity contribution in [2.45, 2.75) is 74.7 Å². The molecule has 10 atom stereocenters. The number of ether oxygens (including phenoxy) is 4. The highest BCUT2D eigenvalue weighted by Gasteiger charge is 2.86. The molecule has 1 aromatic rings. The van der Waals surface area contributed by atoms with Crippen LogP contribution in [0.25, 0.3) is 6.08 Å². The number of methoxy groups -OCH3 is 1. The summed E-state index contributed by atoms with van der Waals surface area (Å²) >= 11 is 13.7. The Labute approximate surface area is 230 Å². The van der Waals surface area contributed by atoms with E-state index in [0.29, 0.717) is 34.1 Å². The van der Waals surface area contributed by atoms with Gasteiger partial charge in [0.1, 0.15) is 17.6 Å². The molecule has 7 rings (SSSR count). The molecule has 4 fully saturated rings. The van der Waals surface area contributed by atoms with E-state index in [0.717, 1.165) is 5.56 Å². The maximum absolute atomic E-state index is 13.9. The van der Waals surface area contributed by atoms with E-state index in [1.165, 1.54) is 0 Å². The molecule has 3 N–H and O–H groups in total. The summed E-state index contributed by atoms with van der Waals surface area (Å²) in [6.07, 6.45) is -0.855. The van der Waals surface area contributed by atoms with Crippen molar-refractivity contribution in [2.75, 3.05) is 20.5 Å². The van der Waals surface area contributed by atoms with Crippen molar-refractivity contribution in [1.82, 2.24) is 0 Å². The minimum absolute atomic E-state index is 0.0524. The minimum atomic E-state index is -1.84. The van der Waals surface area contributed by atoms with Gasteiger partial charge in [0.15, 0.2) is 11.5 Å². The number of rotatable bonds is 2. The van der Waals surface area contributed by atoms with E-state index in [4.69, 9.17) is 42.1 Å². The average Bonchev–Trinajstić information content (AvgIpc) is 3.54. The summed E-state index contributed by atoms with van der Waals surface area (Å²) in [7, 11) is 1.57. The topological polar surface area (TPSA) is 115 Å². The van der Waals surface area contributed by atoms with Gasteiger partial charge < -0.3 is 34.3 Å². The van der Waals surface area contributed by atoms with Gasteiger partial charge in [-0.25, -0.2) is 0 Å². The van der Waals surface area contributed by atoms with E-state index in [1.54, 1.807) is 14.0 Å². The third-order valence-electron chi connectivity index (χ3n) is 11.4. The number of fused-ring (bicyclic) bond motifs is 6. The van der Waals surface area contributed by atoms with Gasteiger partial charge in [-0.3, -0.25) is 4.79 Å². The number of carbonyl (C=O) groups excluding carboxylic acids is 1. The molecule has 4 aliphatic carbocycles. The second kappa shape index (κ2) is 7.39. The molecular formula is C28H32Cl2O8. The van der Waals surface area contributed by atoms with Gasteiger partial charge in [0.05, 0.1) is 23.3 Å². The van der Waals surface area contributed by atoms with Gasteiger partial charge in [0.25, 0.3) is 0 Å². The predicted molar refractivity (Wildman–Crippen MR) is 137 cm³/mol. The molecule has 0 amide bonds. The standard InChI is InChI=1S/C28H32Cl2O8/c1-24(10-35-4)16(29)5-6-27-21(24)20(38-23(27)33)22(32)26(3)15-7-12-13(8-14-19(18(12)30)37-11-36-14)25(15,2)17(31)9-28(26,27)34/h7-8,16-17,20-22,31-32,34H,5-6,9-11H2,1-4H3/t16-,17+,20+,21+,22-,24-,25-,26-,27+,28-/m0/s1. The van der Waals surface area contributed by atoms with Gasteiger partial charge in [-0.15, -0.1) is 11.6 Å². The molecule has 206 valence electrons. The zero-order chi connectivity index (χ0) is 27.2. The van der Waals surface area contributed by atoms with Crippen molar-refractivity contribution in [3.05, 3.63) is 27.8 Å². The third-order valence-corrected chi connectivity index (χ3v) is 12.5. The number of esters is 1. The van der Waals surface area contributed by atoms with Gasteiger partial charge in [-0.1, -0.05) is 31.5 Å². The summed E-state index contributed by atoms with van der Waals surface area (Å²) in [5.41, 5.74) is -4.35. The van der Waals surface area contributed by atoms with E-state index in [2.05, 4.69) is 0 Å². The van der Waals surface area contributed by atoms with E-state index < -0.39 is 57.5 Å². The molecule has 2 heterocycles. The SMILES string of the molecule is COC[C@]1(C)[C@H]2[C@H]3OC(=O)[C@]2(CC[C@@H]1Cl)[C@]1(O)C[C@@H](O)[C@]2(C)C(=Cc4c2cc2c(c4Cl)OCO2)[C@@]1(C)[C@H]3O. The maximum Gasteiger partial charge on any atom is 0.315 e. The summed E-state index contributed by atoms with van der Waals surface area (Å²) in [6.45, 7) is 5.91. The average molecular weight is 567 g/mol. The molecule has 0 unspecified atom stereocenters. The molecule has 0 spiro atoms. The first kappa shape index (κ1) is 25.4. The maximum atomic E-state index is 13.9. The van der Waals surface area contributed by atoms with Crippen LogP contribution in [-0.2, 0) is 19.7 Å². The largest absolute Gasteiger partial charge is 0.459 e. The Hall–Kier alpha value is -1.55. The number of alkyl halides is 1. The highest BCUT2D eigenvalue weighted by atomic mass is 35.5. The Morgan fingerprint density at radius 3 is 2.66 bits per heavy atom. The number of aliphatic hydroxyl groups is 3. The highest BCUT2D eigenvalue weighted by Crippen LogP contribution is 2.77. The summed E-state index contributed by atoms with van der Waals surface area (Å²) in [4.78, 5) is 13.9. The van der Waals surface area contributed by atoms with Crippen molar-refractivity contribution in [3.63, 3.8) is 0 Å². The first-order chi connectivity index (χ1) is 17.8. The first-order valence-corrected chi connectivity index (χ1v) is 13.9. The monoisotopic (exact) mass is 566 g/mol. The Balaban J connectivity index is 1.48. The lowest BCUT2D eigenvalue weighted by Gasteiger charge is -2.69. The van der Waals surface area contributed by atoms with Crippen LogP contribution in [0.5, 0.6) is 11.5 Å². The molecule has 2 aliphatic heterocycles. The Bertz CT molecular complexity index is 1320. The molecular weight excluding hydrogens is 535 g/mol. The van der Waals surface area contributed by atoms with Crippen LogP contribution >= 0.6 is 23.2 Å². The van der Waals surface area contributed by atoms with Crippen molar-refractivity contribution >= 4 is 35.2 Å². The number of halogens is 2. The van der Waals surface area contributed by atoms with Crippen LogP contribution in [-0.4, -0.2) is 71.1 Å². The normalized spacial score (nSPS) is 49.6. The first-order valence-electron chi connectivity index (χ1n) is 13.1. The molecule has 1 saturated heterocycles. The van der Waals surface area contributed by atoms with Crippen LogP contribution in [0.4, 0.5) is 0 Å². The van der Waals surface area contributed by atoms with Gasteiger partial charge in [-0.2, -0.15) is 0 Å². The fourth-order valence-corrected chi connectivity index (χ4v) is 10.1. The Morgan fingerprint density at radius 1 is 1.21 bits per heavy atom. The Morgan fingerprint density at radius 2 is 1.95 bits per heavy atom. The minimum Gasteiger partial charge on any atom is -0.459 e. The molecule has 38 heavy (non-hydrogen) atoms. The quantitative estimate of drug-likeness (QED) is 0.369. The second-order valence-corrected chi connectivity index (χ2v) is 13.5. The highest BCUT2D eigenvalue weighted by molar-refractivity contribution is 6.34. The molecule has 1 aromatic carbocycles. The van der Waals surface area contributed by atoms with Crippen molar-refractivity contribution < 1.29 is 39.1 Å². The number of carbonyl (C=O) groups is 1. The number of hydrogen-bond donors (Lipinski definition) is 3. The van der Waals surface area contributed by atoms with E-state index in [1.807, 2.05) is 26.0 Å². The predicted octanol–water partition coefficient (Wildman–Crippen LogP) is 3.18. The zero-order valence-electron chi connectivity index (χ0n) is 21.7. The summed E-state index contributed by atoms with van der Waals surface area (Å²) < 4.78 is 22.8. The molecule has 0 radical (unpaired) electrons. The van der Waals surface area contributed by atoms with E-state index in [9.17, 15) is 20.1 Å². The molecule has 2 bridgehead atoms. The number of hydrogen-bond acceptors (Lipinski definition) is 8. The third kappa shape index (κ3) is 2.37. The van der Waals surface area contributed by atoms with E-state index >= 15 is 0 Å². The number of aliphatic hydroxyl groups excluding tert-OH is 2. The van der Waals surface area contributed by atoms with Crippen molar-refractivity contribution in [2.24, 2.45) is 22.2 Å². The lowest BCUT2D eigenvalue weighted by Crippen LogP contribution is -2.79. The lowest BCUT2D eigenvalue weighted by molar-refractivity contribution is -0.285. The number of benzene rings is 1. The zero-order valence-corrected chi connectivity index (χ0v) is 23.2. The van der Waals surface area contributed by atoms with Crippen LogP contribution < -0.4 is 9.47 Å². The van der Waals surface area contributed by atoms with Crippen LogP contribution in [0.1, 0.15) is 51.2 Å². The van der Waals surface area contributed by atoms with Crippen LogP contribution in [0.3, 0.4) is 0 Å². The molecule has 10 heteroatoms. The van der Waals surface area contributed by atoms with Gasteiger partial charge in [0.2, 0.25) is 6.79 Å². The smallest absolute Gasteiger partial charge is 0.315 e. The fourth-order valence-electron chi connectivity index (χ4n) is 9.52. The van der Waals surface area contributed by atoms with Gasteiger partial charge >= 0.3 is 5.97 Å². The fraction of sp³-hybridized carbons (Fsp3) is 0.679. The van der Waals surface area contributed by atoms with Crippen LogP contribution in [0.2, 0.25) is 5.02 Å². The Kier molecular flexibility index (Phi) is 4.94. The van der Waals surface area contributed by atoms with E-state index in [-0.39, 0.29) is 31.6 Å². The molecule has 3 saturated carbocycles. The summed E-state index contributed by atoms with van der Waals surface area (Å²) in [6, 6.07) is 1.82. The molecule has 6 aliphatic rings. The molecule has 0 aromatic heterocycles.